The Morgan fingerprint density at radius 2 is 1.94 bits per heavy atom. The summed E-state index contributed by atoms with van der Waals surface area (Å²) in [6.07, 6.45) is 1.97. The summed E-state index contributed by atoms with van der Waals surface area (Å²) in [7, 11) is 1.97. The van der Waals surface area contributed by atoms with Gasteiger partial charge in [-0.05, 0) is 39.0 Å². The number of esters is 1. The van der Waals surface area contributed by atoms with E-state index < -0.39 is 5.41 Å². The van der Waals surface area contributed by atoms with E-state index in [0.29, 0.717) is 5.75 Å². The Bertz CT molecular complexity index is 597. The minimum Gasteiger partial charge on any atom is -0.426 e. The van der Waals surface area contributed by atoms with Gasteiger partial charge in [0.2, 0.25) is 5.52 Å². The number of hydrogen-bond acceptors (Lipinski definition) is 2. The molecule has 1 aromatic heterocycles. The molecule has 94 valence electrons. The van der Waals surface area contributed by atoms with Crippen LogP contribution in [0.15, 0.2) is 36.5 Å². The Morgan fingerprint density at radius 1 is 1.22 bits per heavy atom. The third kappa shape index (κ3) is 2.50. The van der Waals surface area contributed by atoms with Crippen molar-refractivity contribution in [2.75, 3.05) is 0 Å². The lowest BCUT2D eigenvalue weighted by molar-refractivity contribution is -0.644. The van der Waals surface area contributed by atoms with Crippen molar-refractivity contribution in [1.82, 2.24) is 0 Å². The van der Waals surface area contributed by atoms with Gasteiger partial charge in [-0.3, -0.25) is 4.79 Å². The Kier molecular flexibility index (Phi) is 3.07. The maximum absolute atomic E-state index is 11.8. The zero-order chi connectivity index (χ0) is 13.3. The summed E-state index contributed by atoms with van der Waals surface area (Å²) in [6.45, 7) is 5.53. The van der Waals surface area contributed by atoms with Crippen molar-refractivity contribution in [2.45, 2.75) is 20.8 Å². The van der Waals surface area contributed by atoms with Crippen LogP contribution in [-0.4, -0.2) is 5.97 Å². The Morgan fingerprint density at radius 3 is 2.61 bits per heavy atom. The van der Waals surface area contributed by atoms with Gasteiger partial charge in [0.15, 0.2) is 6.20 Å². The van der Waals surface area contributed by atoms with Crippen LogP contribution >= 0.6 is 0 Å². The molecule has 2 rings (SSSR count). The lowest BCUT2D eigenvalue weighted by atomic mass is 9.97. The Labute approximate surface area is 107 Å². The molecule has 3 nitrogen and oxygen atoms in total. The first-order valence-electron chi connectivity index (χ1n) is 5.98. The maximum atomic E-state index is 11.8. The second-order valence-corrected chi connectivity index (χ2v) is 5.48. The summed E-state index contributed by atoms with van der Waals surface area (Å²) >= 11 is 0. The third-order valence-corrected chi connectivity index (χ3v) is 2.79. The normalized spacial score (nSPS) is 11.6. The smallest absolute Gasteiger partial charge is 0.316 e. The van der Waals surface area contributed by atoms with Crippen LogP contribution in [0.3, 0.4) is 0 Å². The molecular weight excluding hydrogens is 226 g/mol. The van der Waals surface area contributed by atoms with E-state index in [1.807, 2.05) is 68.9 Å². The standard InChI is InChI=1S/C15H18NO2/c1-15(2,3)14(17)18-12-8-7-11-6-5-9-16(4)13(11)10-12/h5-10H,1-4H3/q+1. The highest BCUT2D eigenvalue weighted by molar-refractivity contribution is 5.81. The molecule has 18 heavy (non-hydrogen) atoms. The second-order valence-electron chi connectivity index (χ2n) is 5.48. The van der Waals surface area contributed by atoms with Crippen LogP contribution in [0, 0.1) is 5.41 Å². The van der Waals surface area contributed by atoms with Crippen molar-refractivity contribution in [3.05, 3.63) is 36.5 Å². The summed E-state index contributed by atoms with van der Waals surface area (Å²) in [5.41, 5.74) is 0.546. The number of nitrogens with zero attached hydrogens (tertiary/aromatic N) is 1. The molecule has 0 radical (unpaired) electrons. The Balaban J connectivity index is 2.36. The summed E-state index contributed by atoms with van der Waals surface area (Å²) in [4.78, 5) is 11.8. The van der Waals surface area contributed by atoms with Crippen LogP contribution in [0.5, 0.6) is 5.75 Å². The summed E-state index contributed by atoms with van der Waals surface area (Å²) in [6, 6.07) is 9.69. The summed E-state index contributed by atoms with van der Waals surface area (Å²) in [5.74, 6) is 0.365. The summed E-state index contributed by atoms with van der Waals surface area (Å²) < 4.78 is 7.39. The maximum Gasteiger partial charge on any atom is 0.316 e. The van der Waals surface area contributed by atoms with Crippen molar-refractivity contribution in [1.29, 1.82) is 0 Å². The molecular formula is C15H18NO2+. The lowest BCUT2D eigenvalue weighted by Gasteiger charge is -2.16. The van der Waals surface area contributed by atoms with Crippen LogP contribution in [0.25, 0.3) is 10.9 Å². The molecule has 0 aliphatic carbocycles. The highest BCUT2D eigenvalue weighted by Gasteiger charge is 2.24. The van der Waals surface area contributed by atoms with Gasteiger partial charge in [-0.2, -0.15) is 0 Å². The van der Waals surface area contributed by atoms with Crippen LogP contribution in [0.2, 0.25) is 0 Å². The molecule has 0 bridgehead atoms. The first kappa shape index (κ1) is 12.6. The van der Waals surface area contributed by atoms with Crippen molar-refractivity contribution >= 4 is 16.9 Å². The molecule has 0 saturated heterocycles. The first-order valence-corrected chi connectivity index (χ1v) is 5.98. The van der Waals surface area contributed by atoms with Crippen molar-refractivity contribution in [2.24, 2.45) is 12.5 Å². The van der Waals surface area contributed by atoms with Crippen LogP contribution in [0.4, 0.5) is 0 Å². The number of aryl methyl sites for hydroxylation is 1. The lowest BCUT2D eigenvalue weighted by Crippen LogP contribution is -2.28. The second kappa shape index (κ2) is 4.41. The van der Waals surface area contributed by atoms with E-state index in [-0.39, 0.29) is 5.97 Å². The highest BCUT2D eigenvalue weighted by Crippen LogP contribution is 2.22. The predicted octanol–water partition coefficient (Wildman–Crippen LogP) is 2.62. The van der Waals surface area contributed by atoms with Gasteiger partial charge in [-0.25, -0.2) is 4.57 Å². The monoisotopic (exact) mass is 244 g/mol. The number of rotatable bonds is 1. The summed E-state index contributed by atoms with van der Waals surface area (Å²) in [5, 5.41) is 1.12. The van der Waals surface area contributed by atoms with Crippen molar-refractivity contribution in [3.63, 3.8) is 0 Å². The number of carbonyl (C=O) groups is 1. The fourth-order valence-electron chi connectivity index (χ4n) is 1.65. The van der Waals surface area contributed by atoms with E-state index in [9.17, 15) is 4.79 Å². The van der Waals surface area contributed by atoms with Gasteiger partial charge in [0.25, 0.3) is 0 Å². The molecule has 1 heterocycles. The number of aromatic nitrogens is 1. The van der Waals surface area contributed by atoms with Gasteiger partial charge in [0.1, 0.15) is 12.8 Å². The molecule has 0 N–H and O–H groups in total. The van der Waals surface area contributed by atoms with Gasteiger partial charge in [0, 0.05) is 11.5 Å². The molecule has 0 fully saturated rings. The fourth-order valence-corrected chi connectivity index (χ4v) is 1.65. The molecule has 2 aromatic rings. The zero-order valence-electron chi connectivity index (χ0n) is 11.2. The SMILES string of the molecule is C[n+]1cccc2ccc(OC(=O)C(C)(C)C)cc21. The average Bonchev–Trinajstić information content (AvgIpc) is 2.29. The molecule has 0 saturated carbocycles. The van der Waals surface area contributed by atoms with Crippen molar-refractivity contribution < 1.29 is 14.1 Å². The quantitative estimate of drug-likeness (QED) is 0.438. The fraction of sp³-hybridized carbons (Fsp3) is 0.333. The number of pyridine rings is 1. The van der Waals surface area contributed by atoms with Crippen LogP contribution in [0.1, 0.15) is 20.8 Å². The number of carbonyl (C=O) groups excluding carboxylic acids is 1. The molecule has 0 amide bonds. The minimum absolute atomic E-state index is 0.222. The van der Waals surface area contributed by atoms with E-state index in [4.69, 9.17) is 4.74 Å². The molecule has 0 unspecified atom stereocenters. The molecule has 0 aliphatic rings. The van der Waals surface area contributed by atoms with E-state index in [1.165, 1.54) is 0 Å². The van der Waals surface area contributed by atoms with Gasteiger partial charge in [0.05, 0.1) is 11.5 Å². The topological polar surface area (TPSA) is 30.2 Å². The highest BCUT2D eigenvalue weighted by atomic mass is 16.5. The van der Waals surface area contributed by atoms with E-state index in [2.05, 4.69) is 0 Å². The van der Waals surface area contributed by atoms with Gasteiger partial charge in [-0.1, -0.05) is 0 Å². The first-order chi connectivity index (χ1) is 8.38. The molecule has 1 aromatic carbocycles. The van der Waals surface area contributed by atoms with E-state index in [1.54, 1.807) is 0 Å². The van der Waals surface area contributed by atoms with Gasteiger partial charge < -0.3 is 4.74 Å². The van der Waals surface area contributed by atoms with Crippen LogP contribution in [-0.2, 0) is 11.8 Å². The van der Waals surface area contributed by atoms with Crippen molar-refractivity contribution in [3.8, 4) is 5.75 Å². The van der Waals surface area contributed by atoms with E-state index >= 15 is 0 Å². The third-order valence-electron chi connectivity index (χ3n) is 2.79. The number of hydrogen-bond donors (Lipinski definition) is 0. The van der Waals surface area contributed by atoms with Gasteiger partial charge in [-0.15, -0.1) is 0 Å². The van der Waals surface area contributed by atoms with Gasteiger partial charge >= 0.3 is 5.97 Å². The molecule has 0 atom stereocenters. The molecule has 0 aliphatic heterocycles. The average molecular weight is 244 g/mol. The Hall–Kier alpha value is -1.90. The number of fused-ring (bicyclic) bond motifs is 1. The zero-order valence-corrected chi connectivity index (χ0v) is 11.2. The van der Waals surface area contributed by atoms with E-state index in [0.717, 1.165) is 10.9 Å². The predicted molar refractivity (Wildman–Crippen MR) is 70.2 cm³/mol. The largest absolute Gasteiger partial charge is 0.426 e. The molecule has 0 spiro atoms. The molecule has 3 heteroatoms. The number of benzene rings is 1. The minimum atomic E-state index is -0.492. The number of ether oxygens (including phenoxy) is 1. The van der Waals surface area contributed by atoms with Crippen LogP contribution < -0.4 is 9.30 Å².